The Labute approximate surface area is 99.0 Å². The Morgan fingerprint density at radius 3 is 2.53 bits per heavy atom. The van der Waals surface area contributed by atoms with Gasteiger partial charge in [-0.3, -0.25) is 10.1 Å². The van der Waals surface area contributed by atoms with E-state index in [1.807, 2.05) is 0 Å². The fourth-order valence-corrected chi connectivity index (χ4v) is 2.78. The van der Waals surface area contributed by atoms with Crippen LogP contribution in [0.5, 0.6) is 0 Å². The maximum Gasteiger partial charge on any atom is 0.321 e. The predicted molar refractivity (Wildman–Crippen MR) is 56.1 cm³/mol. The zero-order valence-corrected chi connectivity index (χ0v) is 9.23. The number of hydrogen-bond acceptors (Lipinski definition) is 3. The van der Waals surface area contributed by atoms with E-state index in [1.54, 1.807) is 0 Å². The Balaban J connectivity index is 2.24. The van der Waals surface area contributed by atoms with Crippen LogP contribution in [0.3, 0.4) is 0 Å². The van der Waals surface area contributed by atoms with E-state index in [9.17, 15) is 18.0 Å². The van der Waals surface area contributed by atoms with Gasteiger partial charge in [0.05, 0.1) is 5.37 Å². The minimum Gasteiger partial charge on any atom is -0.480 e. The van der Waals surface area contributed by atoms with Gasteiger partial charge in [0.2, 0.25) is 0 Å². The molecule has 1 saturated heterocycles. The molecule has 0 aliphatic carbocycles. The van der Waals surface area contributed by atoms with Gasteiger partial charge in [0.15, 0.2) is 11.6 Å². The molecule has 17 heavy (non-hydrogen) atoms. The summed E-state index contributed by atoms with van der Waals surface area (Å²) in [5, 5.41) is 10.7. The number of benzene rings is 1. The Hall–Kier alpha value is -1.21. The Morgan fingerprint density at radius 1 is 1.29 bits per heavy atom. The van der Waals surface area contributed by atoms with Crippen LogP contribution in [0.25, 0.3) is 0 Å². The Bertz CT molecular complexity index is 469. The topological polar surface area (TPSA) is 49.3 Å². The molecule has 2 rings (SSSR count). The minimum atomic E-state index is -1.26. The van der Waals surface area contributed by atoms with Crippen LogP contribution < -0.4 is 5.32 Å². The van der Waals surface area contributed by atoms with E-state index < -0.39 is 34.8 Å². The van der Waals surface area contributed by atoms with Gasteiger partial charge in [-0.25, -0.2) is 13.2 Å². The number of aliphatic carboxylic acids is 1. The molecule has 0 aromatic heterocycles. The molecule has 0 radical (unpaired) electrons. The molecule has 3 nitrogen and oxygen atoms in total. The molecule has 0 spiro atoms. The highest BCUT2D eigenvalue weighted by molar-refractivity contribution is 7.99. The van der Waals surface area contributed by atoms with Crippen LogP contribution in [0, 0.1) is 17.5 Å². The summed E-state index contributed by atoms with van der Waals surface area (Å²) >= 11 is 1.14. The highest BCUT2D eigenvalue weighted by Crippen LogP contribution is 2.34. The van der Waals surface area contributed by atoms with E-state index in [-0.39, 0.29) is 11.3 Å². The van der Waals surface area contributed by atoms with Crippen LogP contribution in [0.15, 0.2) is 12.1 Å². The number of nitrogens with one attached hydrogen (secondary N) is 1. The standard InChI is InChI=1S/C10H8F3NO2S/c11-5-2-7(13)6(12)1-4(5)9-14-8(3-17-9)10(15)16/h1-2,8-9,14H,3H2,(H,15,16)/t8-,9?/m1/s1. The predicted octanol–water partition coefficient (Wildman–Crippen LogP) is 1.89. The van der Waals surface area contributed by atoms with E-state index in [0.29, 0.717) is 6.07 Å². The minimum absolute atomic E-state index is 0.0716. The molecule has 1 aromatic rings. The van der Waals surface area contributed by atoms with Gasteiger partial charge in [0.1, 0.15) is 11.9 Å². The summed E-state index contributed by atoms with van der Waals surface area (Å²) in [6.45, 7) is 0. The van der Waals surface area contributed by atoms with Crippen molar-refractivity contribution in [2.24, 2.45) is 0 Å². The molecule has 7 heteroatoms. The summed E-state index contributed by atoms with van der Waals surface area (Å²) in [5.74, 6) is -4.10. The zero-order valence-electron chi connectivity index (χ0n) is 8.41. The van der Waals surface area contributed by atoms with Gasteiger partial charge in [-0.1, -0.05) is 0 Å². The summed E-state index contributed by atoms with van der Waals surface area (Å²) < 4.78 is 39.1. The Morgan fingerprint density at radius 2 is 1.94 bits per heavy atom. The molecule has 1 aliphatic rings. The molecule has 92 valence electrons. The van der Waals surface area contributed by atoms with Gasteiger partial charge in [0, 0.05) is 17.4 Å². The summed E-state index contributed by atoms with van der Waals surface area (Å²) in [5.41, 5.74) is -0.0716. The van der Waals surface area contributed by atoms with Crippen LogP contribution in [-0.4, -0.2) is 22.9 Å². The fraction of sp³-hybridized carbons (Fsp3) is 0.300. The normalized spacial score (nSPS) is 23.9. The SMILES string of the molecule is O=C(O)[C@H]1CSC(c2cc(F)c(F)cc2F)N1. The van der Waals surface area contributed by atoms with Crippen molar-refractivity contribution < 1.29 is 23.1 Å². The first-order valence-corrected chi connectivity index (χ1v) is 5.79. The molecule has 2 atom stereocenters. The number of carboxylic acid groups (broad SMARTS) is 1. The lowest BCUT2D eigenvalue weighted by molar-refractivity contribution is -0.138. The highest BCUT2D eigenvalue weighted by Gasteiger charge is 2.32. The second kappa shape index (κ2) is 4.58. The largest absolute Gasteiger partial charge is 0.480 e. The molecular weight excluding hydrogens is 255 g/mol. The summed E-state index contributed by atoms with van der Waals surface area (Å²) in [6, 6.07) is 0.401. The van der Waals surface area contributed by atoms with Crippen molar-refractivity contribution in [3.8, 4) is 0 Å². The quantitative estimate of drug-likeness (QED) is 0.800. The molecule has 0 saturated carbocycles. The van der Waals surface area contributed by atoms with Gasteiger partial charge in [-0.15, -0.1) is 11.8 Å². The van der Waals surface area contributed by atoms with Crippen molar-refractivity contribution in [1.82, 2.24) is 5.32 Å². The van der Waals surface area contributed by atoms with Crippen LogP contribution in [0.1, 0.15) is 10.9 Å². The molecule has 1 unspecified atom stereocenters. The number of hydrogen-bond donors (Lipinski definition) is 2. The van der Waals surface area contributed by atoms with Gasteiger partial charge < -0.3 is 5.11 Å². The average Bonchev–Trinajstić information content (AvgIpc) is 2.72. The van der Waals surface area contributed by atoms with Crippen LogP contribution in [-0.2, 0) is 4.79 Å². The third-order valence-electron chi connectivity index (χ3n) is 2.40. The first-order valence-electron chi connectivity index (χ1n) is 4.74. The smallest absolute Gasteiger partial charge is 0.321 e. The second-order valence-corrected chi connectivity index (χ2v) is 4.70. The number of carbonyl (C=O) groups is 1. The van der Waals surface area contributed by atoms with E-state index in [2.05, 4.69) is 5.32 Å². The molecule has 1 aliphatic heterocycles. The molecule has 1 aromatic carbocycles. The van der Waals surface area contributed by atoms with Crippen LogP contribution in [0.2, 0.25) is 0 Å². The number of thioether (sulfide) groups is 1. The first kappa shape index (κ1) is 12.3. The third kappa shape index (κ3) is 2.39. The summed E-state index contributed by atoms with van der Waals surface area (Å²) in [7, 11) is 0. The van der Waals surface area contributed by atoms with Crippen molar-refractivity contribution in [2.75, 3.05) is 5.75 Å². The molecular formula is C10H8F3NO2S. The maximum atomic E-state index is 13.4. The van der Waals surface area contributed by atoms with Crippen LogP contribution in [0.4, 0.5) is 13.2 Å². The molecule has 0 amide bonds. The fourth-order valence-electron chi connectivity index (χ4n) is 1.53. The molecule has 1 heterocycles. The highest BCUT2D eigenvalue weighted by atomic mass is 32.2. The first-order chi connectivity index (χ1) is 7.99. The van der Waals surface area contributed by atoms with Crippen LogP contribution >= 0.6 is 11.8 Å². The maximum absolute atomic E-state index is 13.4. The van der Waals surface area contributed by atoms with Crippen molar-refractivity contribution in [3.63, 3.8) is 0 Å². The summed E-state index contributed by atoms with van der Waals surface area (Å²) in [6.07, 6.45) is 0. The average molecular weight is 263 g/mol. The van der Waals surface area contributed by atoms with E-state index in [4.69, 9.17) is 5.11 Å². The monoisotopic (exact) mass is 263 g/mol. The number of carboxylic acids is 1. The second-order valence-electron chi connectivity index (χ2n) is 3.56. The zero-order chi connectivity index (χ0) is 12.6. The van der Waals surface area contributed by atoms with Gasteiger partial charge >= 0.3 is 5.97 Å². The molecule has 1 fully saturated rings. The van der Waals surface area contributed by atoms with Gasteiger partial charge in [-0.2, -0.15) is 0 Å². The lowest BCUT2D eigenvalue weighted by Gasteiger charge is -2.12. The van der Waals surface area contributed by atoms with E-state index in [1.165, 1.54) is 0 Å². The van der Waals surface area contributed by atoms with Crippen molar-refractivity contribution >= 4 is 17.7 Å². The van der Waals surface area contributed by atoms with E-state index >= 15 is 0 Å². The molecule has 2 N–H and O–H groups in total. The van der Waals surface area contributed by atoms with Crippen molar-refractivity contribution in [2.45, 2.75) is 11.4 Å². The third-order valence-corrected chi connectivity index (χ3v) is 3.65. The van der Waals surface area contributed by atoms with Crippen molar-refractivity contribution in [1.29, 1.82) is 0 Å². The molecule has 0 bridgehead atoms. The van der Waals surface area contributed by atoms with E-state index in [0.717, 1.165) is 17.8 Å². The number of halogens is 3. The Kier molecular flexibility index (Phi) is 3.30. The lowest BCUT2D eigenvalue weighted by Crippen LogP contribution is -2.33. The lowest BCUT2D eigenvalue weighted by atomic mass is 10.2. The van der Waals surface area contributed by atoms with Gasteiger partial charge in [0.25, 0.3) is 0 Å². The summed E-state index contributed by atoms with van der Waals surface area (Å²) in [4.78, 5) is 10.7. The van der Waals surface area contributed by atoms with Crippen molar-refractivity contribution in [3.05, 3.63) is 35.1 Å². The van der Waals surface area contributed by atoms with Gasteiger partial charge in [-0.05, 0) is 6.07 Å². The number of rotatable bonds is 2.